The van der Waals surface area contributed by atoms with Crippen molar-refractivity contribution in [1.82, 2.24) is 10.2 Å². The summed E-state index contributed by atoms with van der Waals surface area (Å²) in [6, 6.07) is 0. The van der Waals surface area contributed by atoms with E-state index >= 15 is 0 Å². The lowest BCUT2D eigenvalue weighted by atomic mass is 9.96. The van der Waals surface area contributed by atoms with Crippen molar-refractivity contribution in [2.45, 2.75) is 51.7 Å². The zero-order valence-electron chi connectivity index (χ0n) is 14.7. The van der Waals surface area contributed by atoms with Crippen molar-refractivity contribution >= 4 is 6.09 Å². The van der Waals surface area contributed by atoms with Gasteiger partial charge >= 0.3 is 6.09 Å². The summed E-state index contributed by atoms with van der Waals surface area (Å²) in [6.45, 7) is 7.53. The maximum absolute atomic E-state index is 12.2. The van der Waals surface area contributed by atoms with Gasteiger partial charge in [0.25, 0.3) is 0 Å². The molecule has 1 fully saturated rings. The minimum absolute atomic E-state index is 0.257. The number of rotatable bonds is 3. The van der Waals surface area contributed by atoms with E-state index in [1.165, 1.54) is 5.57 Å². The monoisotopic (exact) mass is 333 g/mol. The van der Waals surface area contributed by atoms with Gasteiger partial charge in [0.05, 0.1) is 11.9 Å². The van der Waals surface area contributed by atoms with E-state index in [2.05, 4.69) is 11.4 Å². The molecule has 1 saturated carbocycles. The van der Waals surface area contributed by atoms with E-state index in [9.17, 15) is 4.79 Å². The molecule has 0 atom stereocenters. The Hall–Kier alpha value is -2.11. The number of amides is 1. The molecule has 6 heteroatoms. The molecule has 0 aromatic rings. The molecule has 3 rings (SSSR count). The Balaban J connectivity index is 1.70. The van der Waals surface area contributed by atoms with Gasteiger partial charge in [-0.25, -0.2) is 4.79 Å². The van der Waals surface area contributed by atoms with Crippen LogP contribution in [0.25, 0.3) is 0 Å². The molecule has 6 nitrogen and oxygen atoms in total. The highest BCUT2D eigenvalue weighted by atomic mass is 16.6. The van der Waals surface area contributed by atoms with Crippen LogP contribution in [0.4, 0.5) is 4.79 Å². The van der Waals surface area contributed by atoms with E-state index in [0.717, 1.165) is 30.6 Å². The molecule has 0 unspecified atom stereocenters. The van der Waals surface area contributed by atoms with Gasteiger partial charge in [0.1, 0.15) is 11.4 Å². The van der Waals surface area contributed by atoms with E-state index in [4.69, 9.17) is 15.2 Å². The molecule has 24 heavy (non-hydrogen) atoms. The predicted molar refractivity (Wildman–Crippen MR) is 91.9 cm³/mol. The number of carbonyl (C=O) groups excluding carboxylic acids is 1. The SMILES string of the molecule is CC(C)(C)OC(=O)N1CC=C(C2=C(OC3CC3)C=C(N)NC2)CC1. The van der Waals surface area contributed by atoms with Gasteiger partial charge in [-0.1, -0.05) is 6.08 Å². The van der Waals surface area contributed by atoms with Crippen molar-refractivity contribution in [3.63, 3.8) is 0 Å². The molecule has 0 aromatic carbocycles. The van der Waals surface area contributed by atoms with Gasteiger partial charge in [-0.05, 0) is 45.6 Å². The van der Waals surface area contributed by atoms with E-state index < -0.39 is 5.60 Å². The Morgan fingerprint density at radius 3 is 2.71 bits per heavy atom. The molecule has 0 aromatic heterocycles. The first-order valence-electron chi connectivity index (χ1n) is 8.60. The van der Waals surface area contributed by atoms with Gasteiger partial charge in [0.2, 0.25) is 0 Å². The number of hydrogen-bond acceptors (Lipinski definition) is 5. The molecule has 0 spiro atoms. The van der Waals surface area contributed by atoms with Gasteiger partial charge in [-0.15, -0.1) is 0 Å². The highest BCUT2D eigenvalue weighted by Gasteiger charge is 2.29. The number of nitrogens with one attached hydrogen (secondary N) is 1. The fourth-order valence-corrected chi connectivity index (χ4v) is 2.73. The standard InChI is InChI=1S/C18H27N3O3/c1-18(2,3)24-17(22)21-8-6-12(7-9-21)14-11-20-16(19)10-15(14)23-13-4-5-13/h6,10,13,20H,4-5,7-9,11,19H2,1-3H3. The molecule has 3 aliphatic rings. The van der Waals surface area contributed by atoms with Crippen LogP contribution >= 0.6 is 0 Å². The number of dihydropyridines is 1. The summed E-state index contributed by atoms with van der Waals surface area (Å²) < 4.78 is 11.5. The molecule has 0 bridgehead atoms. The summed E-state index contributed by atoms with van der Waals surface area (Å²) in [5, 5.41) is 3.17. The summed E-state index contributed by atoms with van der Waals surface area (Å²) in [5.74, 6) is 1.52. The minimum atomic E-state index is -0.468. The lowest BCUT2D eigenvalue weighted by molar-refractivity contribution is 0.0266. The third-order valence-electron chi connectivity index (χ3n) is 4.12. The van der Waals surface area contributed by atoms with E-state index in [1.54, 1.807) is 4.90 Å². The van der Waals surface area contributed by atoms with Gasteiger partial charge in [-0.2, -0.15) is 0 Å². The Bertz CT molecular complexity index is 609. The summed E-state index contributed by atoms with van der Waals surface area (Å²) in [7, 11) is 0. The van der Waals surface area contributed by atoms with Crippen LogP contribution < -0.4 is 11.1 Å². The van der Waals surface area contributed by atoms with Crippen LogP contribution in [-0.4, -0.2) is 42.3 Å². The van der Waals surface area contributed by atoms with Crippen LogP contribution in [0.1, 0.15) is 40.0 Å². The van der Waals surface area contributed by atoms with Crippen LogP contribution in [-0.2, 0) is 9.47 Å². The maximum atomic E-state index is 12.2. The van der Waals surface area contributed by atoms with E-state index in [1.807, 2.05) is 26.8 Å². The third kappa shape index (κ3) is 4.24. The number of ether oxygens (including phenoxy) is 2. The highest BCUT2D eigenvalue weighted by Crippen LogP contribution is 2.32. The first-order chi connectivity index (χ1) is 11.3. The molecule has 1 amide bonds. The van der Waals surface area contributed by atoms with Crippen molar-refractivity contribution < 1.29 is 14.3 Å². The second-order valence-electron chi connectivity index (χ2n) is 7.52. The second-order valence-corrected chi connectivity index (χ2v) is 7.52. The quantitative estimate of drug-likeness (QED) is 0.829. The lowest BCUT2D eigenvalue weighted by Gasteiger charge is -2.31. The number of nitrogens with two attached hydrogens (primary N) is 1. The Labute approximate surface area is 143 Å². The molecule has 2 aliphatic heterocycles. The normalized spacial score (nSPS) is 21.7. The number of allylic oxidation sites excluding steroid dienone is 1. The van der Waals surface area contributed by atoms with Crippen molar-refractivity contribution in [2.75, 3.05) is 19.6 Å². The largest absolute Gasteiger partial charge is 0.490 e. The van der Waals surface area contributed by atoms with Crippen molar-refractivity contribution in [3.8, 4) is 0 Å². The van der Waals surface area contributed by atoms with Gasteiger partial charge < -0.3 is 25.4 Å². The Morgan fingerprint density at radius 2 is 2.12 bits per heavy atom. The fourth-order valence-electron chi connectivity index (χ4n) is 2.73. The zero-order chi connectivity index (χ0) is 17.3. The fraction of sp³-hybridized carbons (Fsp3) is 0.611. The molecule has 1 aliphatic carbocycles. The molecular formula is C18H27N3O3. The predicted octanol–water partition coefficient (Wildman–Crippen LogP) is 2.39. The minimum Gasteiger partial charge on any atom is -0.490 e. The van der Waals surface area contributed by atoms with Crippen LogP contribution in [0.3, 0.4) is 0 Å². The topological polar surface area (TPSA) is 76.8 Å². The zero-order valence-corrected chi connectivity index (χ0v) is 14.7. The number of nitrogens with zero attached hydrogens (tertiary/aromatic N) is 1. The van der Waals surface area contributed by atoms with Gasteiger partial charge in [0.15, 0.2) is 0 Å². The van der Waals surface area contributed by atoms with Gasteiger partial charge in [0, 0.05) is 31.3 Å². The summed E-state index contributed by atoms with van der Waals surface area (Å²) >= 11 is 0. The Morgan fingerprint density at radius 1 is 1.38 bits per heavy atom. The highest BCUT2D eigenvalue weighted by molar-refractivity contribution is 5.69. The van der Waals surface area contributed by atoms with E-state index in [0.29, 0.717) is 31.6 Å². The van der Waals surface area contributed by atoms with Crippen molar-refractivity contribution in [1.29, 1.82) is 0 Å². The summed E-state index contributed by atoms with van der Waals surface area (Å²) in [4.78, 5) is 13.9. The van der Waals surface area contributed by atoms with Crippen LogP contribution in [0.5, 0.6) is 0 Å². The first kappa shape index (κ1) is 16.7. The average Bonchev–Trinajstić information content (AvgIpc) is 3.30. The molecule has 0 saturated heterocycles. The van der Waals surface area contributed by atoms with Crippen LogP contribution in [0, 0.1) is 0 Å². The van der Waals surface area contributed by atoms with Crippen molar-refractivity contribution in [2.24, 2.45) is 5.73 Å². The van der Waals surface area contributed by atoms with Crippen molar-refractivity contribution in [3.05, 3.63) is 34.9 Å². The molecule has 132 valence electrons. The summed E-state index contributed by atoms with van der Waals surface area (Å²) in [6.07, 6.45) is 7.06. The first-order valence-corrected chi connectivity index (χ1v) is 8.60. The number of hydrogen-bond donors (Lipinski definition) is 2. The average molecular weight is 333 g/mol. The second kappa shape index (κ2) is 6.42. The molecular weight excluding hydrogens is 306 g/mol. The molecule has 3 N–H and O–H groups in total. The summed E-state index contributed by atoms with van der Waals surface area (Å²) in [5.41, 5.74) is 7.79. The Kier molecular flexibility index (Phi) is 4.47. The maximum Gasteiger partial charge on any atom is 0.410 e. The molecule has 2 heterocycles. The van der Waals surface area contributed by atoms with Gasteiger partial charge in [-0.3, -0.25) is 0 Å². The molecule has 0 radical (unpaired) electrons. The van der Waals surface area contributed by atoms with E-state index in [-0.39, 0.29) is 6.09 Å². The smallest absolute Gasteiger partial charge is 0.410 e. The third-order valence-corrected chi connectivity index (χ3v) is 4.12. The lowest BCUT2D eigenvalue weighted by Crippen LogP contribution is -2.40. The number of carbonyl (C=O) groups is 1. The van der Waals surface area contributed by atoms with Crippen LogP contribution in [0.15, 0.2) is 34.9 Å². The van der Waals surface area contributed by atoms with Crippen LogP contribution in [0.2, 0.25) is 0 Å².